The molecule has 2 heterocycles. The maximum atomic E-state index is 12.6. The number of imide groups is 1. The lowest BCUT2D eigenvalue weighted by Gasteiger charge is -2.27. The Balaban J connectivity index is 1.53. The fourth-order valence-electron chi connectivity index (χ4n) is 3.01. The number of ketones is 1. The van der Waals surface area contributed by atoms with Crippen LogP contribution in [0.3, 0.4) is 0 Å². The molecule has 0 spiro atoms. The second-order valence-electron chi connectivity index (χ2n) is 6.23. The number of carbonyl (C=O) groups is 3. The van der Waals surface area contributed by atoms with Crippen molar-refractivity contribution < 1.29 is 19.1 Å². The van der Waals surface area contributed by atoms with Crippen LogP contribution in [0.25, 0.3) is 0 Å². The third-order valence-electron chi connectivity index (χ3n) is 4.44. The van der Waals surface area contributed by atoms with E-state index in [4.69, 9.17) is 16.3 Å². The molecule has 3 aliphatic rings. The zero-order valence-corrected chi connectivity index (χ0v) is 15.6. The molecular formula is C20H14ClNO4S. The number of amides is 2. The smallest absolute Gasteiger partial charge is 0.293 e. The molecule has 7 heteroatoms. The van der Waals surface area contributed by atoms with Gasteiger partial charge >= 0.3 is 0 Å². The molecule has 2 aliphatic heterocycles. The molecule has 1 aromatic rings. The molecule has 0 bridgehead atoms. The van der Waals surface area contributed by atoms with E-state index in [1.165, 1.54) is 12.3 Å². The Morgan fingerprint density at radius 3 is 2.63 bits per heavy atom. The molecule has 1 fully saturated rings. The van der Waals surface area contributed by atoms with Crippen LogP contribution in [0.15, 0.2) is 71.4 Å². The minimum absolute atomic E-state index is 0.128. The Bertz CT molecular complexity index is 945. The topological polar surface area (TPSA) is 63.7 Å². The van der Waals surface area contributed by atoms with E-state index in [1.54, 1.807) is 36.4 Å². The summed E-state index contributed by atoms with van der Waals surface area (Å²) < 4.78 is 5.57. The van der Waals surface area contributed by atoms with Gasteiger partial charge in [0.1, 0.15) is 6.10 Å². The maximum absolute atomic E-state index is 12.6. The minimum atomic E-state index is -0.421. The Morgan fingerprint density at radius 1 is 1.11 bits per heavy atom. The van der Waals surface area contributed by atoms with E-state index in [-0.39, 0.29) is 34.1 Å². The Kier molecular flexibility index (Phi) is 4.76. The fourth-order valence-corrected chi connectivity index (χ4v) is 3.97. The van der Waals surface area contributed by atoms with Crippen LogP contribution in [0.2, 0.25) is 5.02 Å². The molecule has 27 heavy (non-hydrogen) atoms. The molecule has 0 aromatic heterocycles. The summed E-state index contributed by atoms with van der Waals surface area (Å²) in [6.45, 7) is 0.154. The summed E-state index contributed by atoms with van der Waals surface area (Å²) in [6.07, 6.45) is 9.70. The molecule has 4 rings (SSSR count). The quantitative estimate of drug-likeness (QED) is 0.718. The first-order valence-electron chi connectivity index (χ1n) is 8.27. The van der Waals surface area contributed by atoms with Crippen molar-refractivity contribution in [3.63, 3.8) is 0 Å². The number of hydrogen-bond donors (Lipinski definition) is 0. The van der Waals surface area contributed by atoms with Gasteiger partial charge in [0.25, 0.3) is 11.1 Å². The van der Waals surface area contributed by atoms with Crippen LogP contribution in [0.1, 0.15) is 5.56 Å². The van der Waals surface area contributed by atoms with Gasteiger partial charge in [0, 0.05) is 5.02 Å². The number of fused-ring (bicyclic) bond motifs is 1. The van der Waals surface area contributed by atoms with Crippen LogP contribution < -0.4 is 0 Å². The number of carbonyl (C=O) groups excluding carboxylic acids is 3. The van der Waals surface area contributed by atoms with E-state index in [0.29, 0.717) is 5.02 Å². The van der Waals surface area contributed by atoms with Crippen molar-refractivity contribution in [2.24, 2.45) is 5.92 Å². The highest BCUT2D eigenvalue weighted by Crippen LogP contribution is 2.34. The van der Waals surface area contributed by atoms with Crippen LogP contribution in [0, 0.1) is 5.92 Å². The predicted molar refractivity (Wildman–Crippen MR) is 103 cm³/mol. The molecule has 1 aliphatic carbocycles. The van der Waals surface area contributed by atoms with Gasteiger partial charge in [-0.3, -0.25) is 19.3 Å². The summed E-state index contributed by atoms with van der Waals surface area (Å²) in [5.74, 6) is -0.958. The number of hydrogen-bond acceptors (Lipinski definition) is 5. The molecule has 2 amide bonds. The monoisotopic (exact) mass is 399 g/mol. The standard InChI is InChI=1S/C20H14ClNO4S/c21-14-7-5-12(6-8-14)10-22-19(24)17(27-20(22)25)9-13-11-26-16-4-2-1-3-15(16)18(13)23/h1-9,11,15-16H,10H2/b17-9+/t15-,16-/m0/s1. The van der Waals surface area contributed by atoms with Gasteiger partial charge < -0.3 is 4.74 Å². The number of Topliss-reactive ketones (excluding diaryl/α,β-unsaturated/α-hetero) is 1. The van der Waals surface area contributed by atoms with E-state index in [1.807, 2.05) is 12.2 Å². The zero-order valence-electron chi connectivity index (χ0n) is 14.0. The third kappa shape index (κ3) is 3.50. The summed E-state index contributed by atoms with van der Waals surface area (Å²) in [4.78, 5) is 38.9. The third-order valence-corrected chi connectivity index (χ3v) is 5.60. The number of benzene rings is 1. The van der Waals surface area contributed by atoms with Crippen LogP contribution in [-0.4, -0.2) is 27.9 Å². The SMILES string of the molecule is O=C1C(/C=C2/SC(=O)N(Cc3ccc(Cl)cc3)C2=O)=CO[C@H]2C=CC=C[C@H]12. The largest absolute Gasteiger partial charge is 0.492 e. The van der Waals surface area contributed by atoms with E-state index in [9.17, 15) is 14.4 Å². The Morgan fingerprint density at radius 2 is 1.85 bits per heavy atom. The fraction of sp³-hybridized carbons (Fsp3) is 0.150. The highest BCUT2D eigenvalue weighted by molar-refractivity contribution is 8.18. The summed E-state index contributed by atoms with van der Waals surface area (Å²) in [5, 5.41) is 0.213. The van der Waals surface area contributed by atoms with Gasteiger partial charge in [-0.05, 0) is 41.6 Å². The van der Waals surface area contributed by atoms with Gasteiger partial charge in [-0.1, -0.05) is 42.0 Å². The summed E-state index contributed by atoms with van der Waals surface area (Å²) >= 11 is 6.68. The van der Waals surface area contributed by atoms with Crippen molar-refractivity contribution in [2.45, 2.75) is 12.6 Å². The second kappa shape index (κ2) is 7.21. The van der Waals surface area contributed by atoms with E-state index >= 15 is 0 Å². The Labute approximate surface area is 165 Å². The predicted octanol–water partition coefficient (Wildman–Crippen LogP) is 4.01. The molecule has 1 aromatic carbocycles. The van der Waals surface area contributed by atoms with Gasteiger partial charge in [-0.15, -0.1) is 0 Å². The molecule has 0 N–H and O–H groups in total. The number of thioether (sulfide) groups is 1. The lowest BCUT2D eigenvalue weighted by Crippen LogP contribution is -2.32. The minimum Gasteiger partial charge on any atom is -0.492 e. The highest BCUT2D eigenvalue weighted by Gasteiger charge is 2.37. The second-order valence-corrected chi connectivity index (χ2v) is 7.66. The maximum Gasteiger partial charge on any atom is 0.293 e. The van der Waals surface area contributed by atoms with Gasteiger partial charge in [0.15, 0.2) is 5.78 Å². The summed E-state index contributed by atoms with van der Waals surface area (Å²) in [6, 6.07) is 6.94. The van der Waals surface area contributed by atoms with Gasteiger partial charge in [-0.2, -0.15) is 0 Å². The first kappa shape index (κ1) is 17.8. The molecule has 0 radical (unpaired) electrons. The number of allylic oxidation sites excluding steroid dienone is 4. The molecule has 136 valence electrons. The average molecular weight is 400 g/mol. The zero-order chi connectivity index (χ0) is 19.0. The summed E-state index contributed by atoms with van der Waals surface area (Å²) in [5.41, 5.74) is 1.08. The van der Waals surface area contributed by atoms with Crippen molar-refractivity contribution in [3.8, 4) is 0 Å². The first-order chi connectivity index (χ1) is 13.0. The lowest BCUT2D eigenvalue weighted by atomic mass is 9.88. The van der Waals surface area contributed by atoms with E-state index < -0.39 is 11.8 Å². The Hall–Kier alpha value is -2.57. The first-order valence-corrected chi connectivity index (χ1v) is 9.47. The molecule has 2 atom stereocenters. The highest BCUT2D eigenvalue weighted by atomic mass is 35.5. The van der Waals surface area contributed by atoms with Crippen molar-refractivity contribution in [3.05, 3.63) is 82.0 Å². The number of rotatable bonds is 3. The molecule has 5 nitrogen and oxygen atoms in total. The normalized spacial score (nSPS) is 25.7. The number of nitrogens with zero attached hydrogens (tertiary/aromatic N) is 1. The van der Waals surface area contributed by atoms with Crippen LogP contribution in [0.5, 0.6) is 0 Å². The van der Waals surface area contributed by atoms with Crippen LogP contribution >= 0.6 is 23.4 Å². The van der Waals surface area contributed by atoms with Crippen molar-refractivity contribution in [1.29, 1.82) is 0 Å². The number of halogens is 1. The van der Waals surface area contributed by atoms with Gasteiger partial charge in [0.05, 0.1) is 29.2 Å². The van der Waals surface area contributed by atoms with Crippen LogP contribution in [-0.2, 0) is 20.9 Å². The molecule has 0 saturated carbocycles. The lowest BCUT2D eigenvalue weighted by molar-refractivity contribution is -0.123. The molecular weight excluding hydrogens is 386 g/mol. The van der Waals surface area contributed by atoms with Crippen molar-refractivity contribution >= 4 is 40.3 Å². The number of ether oxygens (including phenoxy) is 1. The van der Waals surface area contributed by atoms with Gasteiger partial charge in [-0.25, -0.2) is 0 Å². The average Bonchev–Trinajstić information content (AvgIpc) is 2.93. The molecule has 0 unspecified atom stereocenters. The van der Waals surface area contributed by atoms with Crippen molar-refractivity contribution in [1.82, 2.24) is 4.90 Å². The summed E-state index contributed by atoms with van der Waals surface area (Å²) in [7, 11) is 0. The van der Waals surface area contributed by atoms with E-state index in [0.717, 1.165) is 22.2 Å². The van der Waals surface area contributed by atoms with Crippen LogP contribution in [0.4, 0.5) is 4.79 Å². The molecule has 1 saturated heterocycles. The van der Waals surface area contributed by atoms with E-state index in [2.05, 4.69) is 0 Å². The van der Waals surface area contributed by atoms with Crippen molar-refractivity contribution in [2.75, 3.05) is 0 Å². The van der Waals surface area contributed by atoms with Gasteiger partial charge in [0.2, 0.25) is 0 Å².